The summed E-state index contributed by atoms with van der Waals surface area (Å²) in [7, 11) is -0.814. The Balaban J connectivity index is 2.71. The van der Waals surface area contributed by atoms with Gasteiger partial charge in [0.05, 0.1) is 17.2 Å². The second-order valence-electron chi connectivity index (χ2n) is 6.59. The zero-order valence-electron chi connectivity index (χ0n) is 12.2. The van der Waals surface area contributed by atoms with Gasteiger partial charge in [-0.25, -0.2) is 0 Å². The molecule has 104 valence electrons. The molecular weight excluding hydrogens is 242 g/mol. The molecule has 0 aromatic rings. The largest absolute Gasteiger partial charge is 0.259 e. The van der Waals surface area contributed by atoms with Gasteiger partial charge in [-0.05, 0) is 37.0 Å². The summed E-state index contributed by atoms with van der Waals surface area (Å²) in [6.07, 6.45) is 5.11. The molecule has 0 radical (unpaired) electrons. The van der Waals surface area contributed by atoms with Crippen LogP contribution in [0.4, 0.5) is 0 Å². The minimum atomic E-state index is -0.814. The minimum absolute atomic E-state index is 0.0151. The van der Waals surface area contributed by atoms with Crippen molar-refractivity contribution in [2.45, 2.75) is 65.0 Å². The van der Waals surface area contributed by atoms with Gasteiger partial charge < -0.3 is 0 Å². The first kappa shape index (κ1) is 15.7. The van der Waals surface area contributed by atoms with Crippen molar-refractivity contribution in [3.63, 3.8) is 0 Å². The molecule has 0 aromatic carbocycles. The van der Waals surface area contributed by atoms with Gasteiger partial charge >= 0.3 is 0 Å². The van der Waals surface area contributed by atoms with Crippen molar-refractivity contribution in [1.29, 1.82) is 5.26 Å². The third-order valence-electron chi connectivity index (χ3n) is 4.22. The van der Waals surface area contributed by atoms with E-state index in [1.807, 2.05) is 0 Å². The van der Waals surface area contributed by atoms with Crippen molar-refractivity contribution < 1.29 is 4.21 Å². The van der Waals surface area contributed by atoms with E-state index in [0.29, 0.717) is 5.92 Å². The van der Waals surface area contributed by atoms with Crippen LogP contribution >= 0.6 is 0 Å². The molecule has 4 unspecified atom stereocenters. The highest BCUT2D eigenvalue weighted by molar-refractivity contribution is 7.85. The number of hydrogen-bond donors (Lipinski definition) is 0. The maximum atomic E-state index is 12.4. The van der Waals surface area contributed by atoms with Crippen LogP contribution in [0.25, 0.3) is 0 Å². The summed E-state index contributed by atoms with van der Waals surface area (Å²) < 4.78 is 12.4. The lowest BCUT2D eigenvalue weighted by molar-refractivity contribution is 0.167. The summed E-state index contributed by atoms with van der Waals surface area (Å²) in [5, 5.41) is 9.35. The number of nitriles is 1. The van der Waals surface area contributed by atoms with Crippen molar-refractivity contribution in [1.82, 2.24) is 0 Å². The molecule has 1 rings (SSSR count). The molecule has 1 fully saturated rings. The molecule has 0 saturated heterocycles. The predicted octanol–water partition coefficient (Wildman–Crippen LogP) is 3.89. The summed E-state index contributed by atoms with van der Waals surface area (Å²) >= 11 is 0. The van der Waals surface area contributed by atoms with Crippen molar-refractivity contribution in [2.24, 2.45) is 17.3 Å². The first-order valence-electron chi connectivity index (χ1n) is 7.17. The summed E-state index contributed by atoms with van der Waals surface area (Å²) in [4.78, 5) is 0. The Morgan fingerprint density at radius 2 is 2.00 bits per heavy atom. The Labute approximate surface area is 115 Å². The van der Waals surface area contributed by atoms with Crippen molar-refractivity contribution in [3.05, 3.63) is 0 Å². The zero-order valence-corrected chi connectivity index (χ0v) is 13.1. The summed E-state index contributed by atoms with van der Waals surface area (Å²) in [6, 6.07) is 2.39. The van der Waals surface area contributed by atoms with Gasteiger partial charge in [0.25, 0.3) is 0 Å². The van der Waals surface area contributed by atoms with E-state index in [1.165, 1.54) is 0 Å². The zero-order chi connectivity index (χ0) is 13.8. The normalized spacial score (nSPS) is 30.7. The molecule has 0 heterocycles. The van der Waals surface area contributed by atoms with Gasteiger partial charge in [-0.2, -0.15) is 5.26 Å². The molecule has 1 aliphatic rings. The minimum Gasteiger partial charge on any atom is -0.259 e. The Morgan fingerprint density at radius 3 is 2.50 bits per heavy atom. The third-order valence-corrected chi connectivity index (χ3v) is 6.11. The van der Waals surface area contributed by atoms with Gasteiger partial charge in [0.2, 0.25) is 0 Å². The molecule has 2 nitrogen and oxygen atoms in total. The van der Waals surface area contributed by atoms with Crippen molar-refractivity contribution >= 4 is 10.8 Å². The molecule has 0 bridgehead atoms. The van der Waals surface area contributed by atoms with E-state index in [2.05, 4.69) is 33.8 Å². The van der Waals surface area contributed by atoms with Crippen LogP contribution in [-0.2, 0) is 10.8 Å². The van der Waals surface area contributed by atoms with Crippen LogP contribution < -0.4 is 0 Å². The van der Waals surface area contributed by atoms with E-state index in [1.54, 1.807) is 0 Å². The van der Waals surface area contributed by atoms with Gasteiger partial charge in [0.1, 0.15) is 0 Å². The van der Waals surface area contributed by atoms with Gasteiger partial charge in [-0.1, -0.05) is 34.1 Å². The number of hydrogen-bond acceptors (Lipinski definition) is 2. The number of nitrogens with zero attached hydrogens (tertiary/aromatic N) is 1. The van der Waals surface area contributed by atoms with E-state index >= 15 is 0 Å². The van der Waals surface area contributed by atoms with Gasteiger partial charge in [-0.15, -0.1) is 0 Å². The Kier molecular flexibility index (Phi) is 5.85. The van der Waals surface area contributed by atoms with E-state index in [-0.39, 0.29) is 16.6 Å². The molecule has 3 heteroatoms. The van der Waals surface area contributed by atoms with Crippen molar-refractivity contribution in [3.8, 4) is 6.07 Å². The Hall–Kier alpha value is -0.360. The fraction of sp³-hybridized carbons (Fsp3) is 0.933. The van der Waals surface area contributed by atoms with Crippen LogP contribution in [0.2, 0.25) is 0 Å². The fourth-order valence-electron chi connectivity index (χ4n) is 2.79. The average Bonchev–Trinajstić information content (AvgIpc) is 2.34. The van der Waals surface area contributed by atoms with Crippen LogP contribution in [0.3, 0.4) is 0 Å². The monoisotopic (exact) mass is 269 g/mol. The highest BCUT2D eigenvalue weighted by atomic mass is 32.2. The number of rotatable bonds is 4. The third kappa shape index (κ3) is 4.09. The highest BCUT2D eigenvalue weighted by Gasteiger charge is 2.38. The van der Waals surface area contributed by atoms with E-state index in [0.717, 1.165) is 37.9 Å². The lowest BCUT2D eigenvalue weighted by Crippen LogP contribution is -2.37. The average molecular weight is 269 g/mol. The Bertz CT molecular complexity index is 326. The summed E-state index contributed by atoms with van der Waals surface area (Å²) in [5.74, 6) is 1.40. The second-order valence-corrected chi connectivity index (χ2v) is 8.36. The molecule has 0 N–H and O–H groups in total. The van der Waals surface area contributed by atoms with Crippen molar-refractivity contribution in [2.75, 3.05) is 5.75 Å². The first-order valence-corrected chi connectivity index (χ1v) is 8.55. The lowest BCUT2D eigenvalue weighted by Gasteiger charge is -2.39. The lowest BCUT2D eigenvalue weighted by atomic mass is 9.70. The quantitative estimate of drug-likeness (QED) is 0.777. The fourth-order valence-corrected chi connectivity index (χ4v) is 4.68. The summed E-state index contributed by atoms with van der Waals surface area (Å²) in [5.41, 5.74) is 0.271. The van der Waals surface area contributed by atoms with Crippen LogP contribution in [0.1, 0.15) is 59.8 Å². The maximum absolute atomic E-state index is 12.4. The predicted molar refractivity (Wildman–Crippen MR) is 77.6 cm³/mol. The molecular formula is C15H27NOS. The first-order chi connectivity index (χ1) is 8.40. The van der Waals surface area contributed by atoms with E-state index < -0.39 is 10.8 Å². The van der Waals surface area contributed by atoms with Crippen LogP contribution in [0.5, 0.6) is 0 Å². The van der Waals surface area contributed by atoms with E-state index in [4.69, 9.17) is 0 Å². The molecule has 1 saturated carbocycles. The molecule has 0 aliphatic heterocycles. The smallest absolute Gasteiger partial charge is 0.0668 e. The molecule has 18 heavy (non-hydrogen) atoms. The van der Waals surface area contributed by atoms with E-state index in [9.17, 15) is 9.47 Å². The SMILES string of the molecule is CCCCS(=O)C1CC(C(C)(C)C)CCC1C#N. The number of unbranched alkanes of at least 4 members (excludes halogenated alkanes) is 1. The van der Waals surface area contributed by atoms with Crippen LogP contribution in [0, 0.1) is 28.6 Å². The molecule has 0 spiro atoms. The maximum Gasteiger partial charge on any atom is 0.0668 e. The van der Waals surface area contributed by atoms with Gasteiger partial charge in [0, 0.05) is 16.6 Å². The standard InChI is InChI=1S/C15H27NOS/c1-5-6-9-18(17)14-10-13(15(2,3)4)8-7-12(14)11-16/h12-14H,5-10H2,1-4H3. The topological polar surface area (TPSA) is 40.9 Å². The second kappa shape index (κ2) is 6.70. The molecule has 1 aliphatic carbocycles. The molecule has 0 amide bonds. The van der Waals surface area contributed by atoms with Gasteiger partial charge in [0.15, 0.2) is 0 Å². The van der Waals surface area contributed by atoms with Gasteiger partial charge in [-0.3, -0.25) is 4.21 Å². The Morgan fingerprint density at radius 1 is 1.33 bits per heavy atom. The summed E-state index contributed by atoms with van der Waals surface area (Å²) in [6.45, 7) is 8.90. The molecule has 0 aromatic heterocycles. The van der Waals surface area contributed by atoms with Crippen LogP contribution in [0.15, 0.2) is 0 Å². The highest BCUT2D eigenvalue weighted by Crippen LogP contribution is 2.41. The molecule has 4 atom stereocenters. The van der Waals surface area contributed by atoms with Crippen LogP contribution in [-0.4, -0.2) is 15.2 Å².